The van der Waals surface area contributed by atoms with Gasteiger partial charge in [-0.15, -0.1) is 11.3 Å². The molecule has 0 amide bonds. The minimum Gasteiger partial charge on any atom is -0.508 e. The fourth-order valence-corrected chi connectivity index (χ4v) is 3.26. The Labute approximate surface area is 149 Å². The maximum Gasteiger partial charge on any atom is 0.197 e. The second-order valence-corrected chi connectivity index (χ2v) is 6.41. The number of carbonyl (C=O) groups excluding carboxylic acids is 1. The van der Waals surface area contributed by atoms with E-state index in [0.717, 1.165) is 16.1 Å². The van der Waals surface area contributed by atoms with Crippen LogP contribution in [0.1, 0.15) is 26.5 Å². The highest BCUT2D eigenvalue weighted by Gasteiger charge is 2.14. The van der Waals surface area contributed by atoms with Crippen LogP contribution in [-0.2, 0) is 0 Å². The zero-order valence-electron chi connectivity index (χ0n) is 13.4. The normalized spacial score (nSPS) is 10.7. The predicted octanol–water partition coefficient (Wildman–Crippen LogP) is 4.59. The summed E-state index contributed by atoms with van der Waals surface area (Å²) < 4.78 is 0. The van der Waals surface area contributed by atoms with Crippen LogP contribution in [-0.4, -0.2) is 15.9 Å². The van der Waals surface area contributed by atoms with Crippen LogP contribution >= 0.6 is 11.3 Å². The Morgan fingerprint density at radius 3 is 2.48 bits per heavy atom. The van der Waals surface area contributed by atoms with Gasteiger partial charge in [-0.3, -0.25) is 4.79 Å². The minimum absolute atomic E-state index is 0.107. The van der Waals surface area contributed by atoms with Crippen molar-refractivity contribution in [3.05, 3.63) is 76.3 Å². The number of hydrogen-bond acceptors (Lipinski definition) is 5. The zero-order valence-corrected chi connectivity index (χ0v) is 14.2. The van der Waals surface area contributed by atoms with Gasteiger partial charge >= 0.3 is 0 Å². The number of aromatic nitrogens is 1. The van der Waals surface area contributed by atoms with Crippen molar-refractivity contribution in [2.45, 2.75) is 6.92 Å². The average molecular weight is 346 g/mol. The van der Waals surface area contributed by atoms with Crippen molar-refractivity contribution in [3.63, 3.8) is 0 Å². The van der Waals surface area contributed by atoms with E-state index in [1.807, 2.05) is 6.92 Å². The van der Waals surface area contributed by atoms with E-state index in [1.54, 1.807) is 54.6 Å². The van der Waals surface area contributed by atoms with E-state index >= 15 is 0 Å². The molecule has 0 spiro atoms. The van der Waals surface area contributed by atoms with Gasteiger partial charge in [0.15, 0.2) is 5.78 Å². The van der Waals surface area contributed by atoms with Crippen LogP contribution in [0, 0.1) is 18.3 Å². The number of thiazole rings is 1. The number of rotatable bonds is 4. The number of aryl methyl sites for hydroxylation is 1. The molecule has 0 aliphatic carbocycles. The molecule has 0 unspecified atom stereocenters. The van der Waals surface area contributed by atoms with Crippen molar-refractivity contribution < 1.29 is 9.90 Å². The van der Waals surface area contributed by atoms with Crippen LogP contribution in [0.4, 0.5) is 0 Å². The van der Waals surface area contributed by atoms with E-state index in [2.05, 4.69) is 11.1 Å². The fourth-order valence-electron chi connectivity index (χ4n) is 2.27. The topological polar surface area (TPSA) is 74.0 Å². The largest absolute Gasteiger partial charge is 0.508 e. The lowest BCUT2D eigenvalue weighted by Crippen LogP contribution is -1.93. The first-order valence-electron chi connectivity index (χ1n) is 7.56. The smallest absolute Gasteiger partial charge is 0.197 e. The molecule has 0 atom stereocenters. The molecule has 25 heavy (non-hydrogen) atoms. The number of allylic oxidation sites excluding steroid dienone is 1. The number of aromatic hydroxyl groups is 1. The molecule has 1 N–H and O–H groups in total. The number of nitrogens with zero attached hydrogens (tertiary/aromatic N) is 2. The zero-order chi connectivity index (χ0) is 17.8. The van der Waals surface area contributed by atoms with Crippen molar-refractivity contribution in [1.29, 1.82) is 5.26 Å². The van der Waals surface area contributed by atoms with E-state index in [1.165, 1.54) is 17.4 Å². The quantitative estimate of drug-likeness (QED) is 0.554. The van der Waals surface area contributed by atoms with Crippen LogP contribution in [0.5, 0.6) is 5.75 Å². The van der Waals surface area contributed by atoms with Crippen LogP contribution in [0.2, 0.25) is 0 Å². The van der Waals surface area contributed by atoms with Gasteiger partial charge in [0.25, 0.3) is 0 Å². The van der Waals surface area contributed by atoms with Crippen LogP contribution < -0.4 is 0 Å². The molecule has 1 heterocycles. The molecule has 4 nitrogen and oxygen atoms in total. The van der Waals surface area contributed by atoms with E-state index < -0.39 is 0 Å². The standard InChI is InChI=1S/C20H14N2O2S/c1-13-19(25-20(22-13)16-7-9-17(23)10-8-16)18(24)11-6-14-2-4-15(12-21)5-3-14/h2-11,23H,1H3/b11-6+. The molecule has 122 valence electrons. The lowest BCUT2D eigenvalue weighted by atomic mass is 10.1. The van der Waals surface area contributed by atoms with Crippen molar-refractivity contribution in [2.24, 2.45) is 0 Å². The summed E-state index contributed by atoms with van der Waals surface area (Å²) in [6.45, 7) is 1.81. The number of phenols is 1. The van der Waals surface area contributed by atoms with E-state index in [9.17, 15) is 9.90 Å². The average Bonchev–Trinajstić information content (AvgIpc) is 3.02. The van der Waals surface area contributed by atoms with E-state index in [0.29, 0.717) is 16.1 Å². The Balaban J connectivity index is 1.81. The van der Waals surface area contributed by atoms with Crippen LogP contribution in [0.3, 0.4) is 0 Å². The highest BCUT2D eigenvalue weighted by atomic mass is 32.1. The van der Waals surface area contributed by atoms with Gasteiger partial charge in [0.1, 0.15) is 10.8 Å². The van der Waals surface area contributed by atoms with Crippen molar-refractivity contribution in [2.75, 3.05) is 0 Å². The number of hydrogen-bond donors (Lipinski definition) is 1. The van der Waals surface area contributed by atoms with E-state index in [4.69, 9.17) is 5.26 Å². The predicted molar refractivity (Wildman–Crippen MR) is 98.5 cm³/mol. The second kappa shape index (κ2) is 7.12. The molecule has 0 bridgehead atoms. The number of benzene rings is 2. The monoisotopic (exact) mass is 346 g/mol. The Kier molecular flexibility index (Phi) is 4.73. The molecular weight excluding hydrogens is 332 g/mol. The molecule has 2 aromatic carbocycles. The van der Waals surface area contributed by atoms with Gasteiger partial charge in [-0.2, -0.15) is 5.26 Å². The number of carbonyl (C=O) groups is 1. The Morgan fingerprint density at radius 2 is 1.84 bits per heavy atom. The number of nitriles is 1. The summed E-state index contributed by atoms with van der Waals surface area (Å²) in [7, 11) is 0. The van der Waals surface area contributed by atoms with Crippen LogP contribution in [0.15, 0.2) is 54.6 Å². The Bertz CT molecular complexity index is 978. The molecule has 3 aromatic rings. The van der Waals surface area contributed by atoms with Gasteiger partial charge < -0.3 is 5.11 Å². The van der Waals surface area contributed by atoms with Gasteiger partial charge in [-0.1, -0.05) is 18.2 Å². The molecule has 1 aromatic heterocycles. The van der Waals surface area contributed by atoms with Crippen molar-refractivity contribution in [3.8, 4) is 22.4 Å². The molecule has 5 heteroatoms. The SMILES string of the molecule is Cc1nc(-c2ccc(O)cc2)sc1C(=O)/C=C/c1ccc(C#N)cc1. The first-order chi connectivity index (χ1) is 12.1. The summed E-state index contributed by atoms with van der Waals surface area (Å²) in [5.41, 5.74) is 2.98. The third-order valence-electron chi connectivity index (χ3n) is 3.60. The molecule has 0 saturated carbocycles. The fraction of sp³-hybridized carbons (Fsp3) is 0.0500. The highest BCUT2D eigenvalue weighted by molar-refractivity contribution is 7.17. The molecule has 0 fully saturated rings. The van der Waals surface area contributed by atoms with E-state index in [-0.39, 0.29) is 11.5 Å². The second-order valence-electron chi connectivity index (χ2n) is 5.41. The first kappa shape index (κ1) is 16.6. The Morgan fingerprint density at radius 1 is 1.16 bits per heavy atom. The lowest BCUT2D eigenvalue weighted by Gasteiger charge is -1.95. The maximum absolute atomic E-state index is 12.5. The Hall–Kier alpha value is -3.23. The number of ketones is 1. The summed E-state index contributed by atoms with van der Waals surface area (Å²) in [5, 5.41) is 18.9. The molecule has 0 aliphatic heterocycles. The first-order valence-corrected chi connectivity index (χ1v) is 8.38. The third kappa shape index (κ3) is 3.82. The van der Waals surface area contributed by atoms with Crippen molar-refractivity contribution >= 4 is 23.2 Å². The summed E-state index contributed by atoms with van der Waals surface area (Å²) >= 11 is 1.33. The maximum atomic E-state index is 12.5. The highest BCUT2D eigenvalue weighted by Crippen LogP contribution is 2.29. The van der Waals surface area contributed by atoms with Gasteiger partial charge in [0.05, 0.1) is 22.2 Å². The number of phenolic OH excluding ortho intramolecular Hbond substituents is 1. The lowest BCUT2D eigenvalue weighted by molar-refractivity contribution is 0.105. The summed E-state index contributed by atoms with van der Waals surface area (Å²) in [6, 6.07) is 15.8. The summed E-state index contributed by atoms with van der Waals surface area (Å²) in [6.07, 6.45) is 3.24. The molecule has 3 rings (SSSR count). The summed E-state index contributed by atoms with van der Waals surface area (Å²) in [4.78, 5) is 17.5. The molecular formula is C20H14N2O2S. The third-order valence-corrected chi connectivity index (χ3v) is 4.82. The molecule has 0 radical (unpaired) electrons. The van der Waals surface area contributed by atoms with Gasteiger partial charge in [-0.05, 0) is 55.0 Å². The minimum atomic E-state index is -0.107. The van der Waals surface area contributed by atoms with Crippen molar-refractivity contribution in [1.82, 2.24) is 4.98 Å². The van der Waals surface area contributed by atoms with Crippen LogP contribution in [0.25, 0.3) is 16.6 Å². The molecule has 0 saturated heterocycles. The molecule has 0 aliphatic rings. The summed E-state index contributed by atoms with van der Waals surface area (Å²) in [5.74, 6) is 0.0862. The van der Waals surface area contributed by atoms with Gasteiger partial charge in [0, 0.05) is 5.56 Å². The van der Waals surface area contributed by atoms with Gasteiger partial charge in [0.2, 0.25) is 0 Å². The van der Waals surface area contributed by atoms with Gasteiger partial charge in [-0.25, -0.2) is 4.98 Å².